The molecular weight excluding hydrogens is 356 g/mol. The van der Waals surface area contributed by atoms with Gasteiger partial charge in [-0.05, 0) is 42.7 Å². The first-order chi connectivity index (χ1) is 14.0. The van der Waals surface area contributed by atoms with Gasteiger partial charge in [0.15, 0.2) is 0 Å². The van der Waals surface area contributed by atoms with Crippen LogP contribution in [0.4, 0.5) is 0 Å². The molecule has 0 unspecified atom stereocenters. The van der Waals surface area contributed by atoms with Gasteiger partial charge in [0.25, 0.3) is 0 Å². The summed E-state index contributed by atoms with van der Waals surface area (Å²) in [5, 5.41) is 21.3. The summed E-state index contributed by atoms with van der Waals surface area (Å²) in [5.41, 5.74) is 7.03. The van der Waals surface area contributed by atoms with Crippen LogP contribution in [0.5, 0.6) is 11.5 Å². The van der Waals surface area contributed by atoms with Crippen molar-refractivity contribution in [1.29, 1.82) is 0 Å². The van der Waals surface area contributed by atoms with Crippen molar-refractivity contribution in [2.45, 2.75) is 19.8 Å². The molecule has 0 aliphatic rings. The van der Waals surface area contributed by atoms with Crippen molar-refractivity contribution in [2.24, 2.45) is 0 Å². The Hall–Kier alpha value is -3.52. The zero-order valence-electron chi connectivity index (χ0n) is 16.6. The highest BCUT2D eigenvalue weighted by atomic mass is 16.3. The van der Waals surface area contributed by atoms with Crippen molar-refractivity contribution in [1.82, 2.24) is 0 Å². The largest absolute Gasteiger partial charge is 0.508 e. The summed E-state index contributed by atoms with van der Waals surface area (Å²) >= 11 is 0. The molecule has 4 rings (SSSR count). The monoisotopic (exact) mass is 380 g/mol. The van der Waals surface area contributed by atoms with Gasteiger partial charge < -0.3 is 10.2 Å². The molecule has 0 atom stereocenters. The summed E-state index contributed by atoms with van der Waals surface area (Å²) in [4.78, 5) is 0. The second-order valence-electron chi connectivity index (χ2n) is 7.55. The molecule has 0 aromatic heterocycles. The summed E-state index contributed by atoms with van der Waals surface area (Å²) in [5.74, 6) is 0.196. The van der Waals surface area contributed by atoms with Crippen molar-refractivity contribution in [3.05, 3.63) is 119 Å². The van der Waals surface area contributed by atoms with Gasteiger partial charge in [0, 0.05) is 17.0 Å². The minimum Gasteiger partial charge on any atom is -0.508 e. The highest BCUT2D eigenvalue weighted by Gasteiger charge is 2.23. The second kappa shape index (κ2) is 7.84. The zero-order valence-corrected chi connectivity index (χ0v) is 16.6. The number of aryl methyl sites for hydroxylation is 2. The number of phenols is 2. The fraction of sp³-hybridized carbons (Fsp3) is 0.111. The summed E-state index contributed by atoms with van der Waals surface area (Å²) < 4.78 is 0. The van der Waals surface area contributed by atoms with Crippen LogP contribution in [0.15, 0.2) is 91.0 Å². The minimum atomic E-state index is -0.264. The SMILES string of the molecule is Cc1ccc(O)c(C(c2ccc(-c3ccccc3)cc2)c2cc(C)ccc2O)c1. The van der Waals surface area contributed by atoms with E-state index in [0.717, 1.165) is 38.9 Å². The summed E-state index contributed by atoms with van der Waals surface area (Å²) in [6.45, 7) is 4.02. The summed E-state index contributed by atoms with van der Waals surface area (Å²) in [6.07, 6.45) is 0. The number of hydrogen-bond donors (Lipinski definition) is 2. The fourth-order valence-electron chi connectivity index (χ4n) is 3.84. The van der Waals surface area contributed by atoms with Crippen LogP contribution in [0.25, 0.3) is 11.1 Å². The lowest BCUT2D eigenvalue weighted by Gasteiger charge is -2.22. The van der Waals surface area contributed by atoms with E-state index < -0.39 is 0 Å². The maximum absolute atomic E-state index is 10.6. The van der Waals surface area contributed by atoms with Crippen LogP contribution < -0.4 is 0 Å². The molecule has 0 saturated heterocycles. The molecule has 144 valence electrons. The van der Waals surface area contributed by atoms with Gasteiger partial charge in [0.1, 0.15) is 11.5 Å². The molecule has 0 heterocycles. The molecule has 0 spiro atoms. The van der Waals surface area contributed by atoms with Gasteiger partial charge in [-0.3, -0.25) is 0 Å². The summed E-state index contributed by atoms with van der Waals surface area (Å²) in [6, 6.07) is 29.8. The molecule has 0 amide bonds. The van der Waals surface area contributed by atoms with E-state index in [9.17, 15) is 10.2 Å². The minimum absolute atomic E-state index is 0.230. The number of aromatic hydroxyl groups is 2. The summed E-state index contributed by atoms with van der Waals surface area (Å²) in [7, 11) is 0. The smallest absolute Gasteiger partial charge is 0.119 e. The Kier molecular flexibility index (Phi) is 5.09. The Balaban J connectivity index is 1.87. The maximum Gasteiger partial charge on any atom is 0.119 e. The predicted molar refractivity (Wildman–Crippen MR) is 119 cm³/mol. The van der Waals surface area contributed by atoms with Gasteiger partial charge in [-0.2, -0.15) is 0 Å². The lowest BCUT2D eigenvalue weighted by molar-refractivity contribution is 0.458. The maximum atomic E-state index is 10.6. The Bertz CT molecular complexity index is 1080. The van der Waals surface area contributed by atoms with Gasteiger partial charge in [0.2, 0.25) is 0 Å². The van der Waals surface area contributed by atoms with Gasteiger partial charge in [-0.15, -0.1) is 0 Å². The highest BCUT2D eigenvalue weighted by molar-refractivity contribution is 5.64. The molecule has 29 heavy (non-hydrogen) atoms. The number of rotatable bonds is 4. The lowest BCUT2D eigenvalue weighted by Crippen LogP contribution is -2.05. The Morgan fingerprint density at radius 2 is 1.03 bits per heavy atom. The van der Waals surface area contributed by atoms with Crippen molar-refractivity contribution in [2.75, 3.05) is 0 Å². The number of hydrogen-bond acceptors (Lipinski definition) is 2. The average Bonchev–Trinajstić information content (AvgIpc) is 2.74. The molecule has 0 bridgehead atoms. The van der Waals surface area contributed by atoms with E-state index in [1.165, 1.54) is 0 Å². The standard InChI is InChI=1S/C27H24O2/c1-18-8-14-25(28)23(16-18)27(24-17-19(2)9-15-26(24)29)22-12-10-21(11-13-22)20-6-4-3-5-7-20/h3-17,27-29H,1-2H3. The molecule has 0 fully saturated rings. The normalized spacial score (nSPS) is 11.0. The lowest BCUT2D eigenvalue weighted by atomic mass is 9.82. The number of benzene rings is 4. The van der Waals surface area contributed by atoms with Crippen molar-refractivity contribution in [3.8, 4) is 22.6 Å². The molecule has 0 saturated carbocycles. The number of phenolic OH excluding ortho intramolecular Hbond substituents is 2. The van der Waals surface area contributed by atoms with Gasteiger partial charge >= 0.3 is 0 Å². The van der Waals surface area contributed by atoms with E-state index >= 15 is 0 Å². The van der Waals surface area contributed by atoms with Crippen LogP contribution in [0.2, 0.25) is 0 Å². The molecule has 0 aliphatic heterocycles. The van der Waals surface area contributed by atoms with Crippen LogP contribution in [-0.2, 0) is 0 Å². The van der Waals surface area contributed by atoms with E-state index in [1.54, 1.807) is 12.1 Å². The first kappa shape index (κ1) is 18.8. The van der Waals surface area contributed by atoms with Crippen molar-refractivity contribution in [3.63, 3.8) is 0 Å². The quantitative estimate of drug-likeness (QED) is 0.394. The van der Waals surface area contributed by atoms with Crippen LogP contribution >= 0.6 is 0 Å². The fourth-order valence-corrected chi connectivity index (χ4v) is 3.84. The third kappa shape index (κ3) is 3.88. The molecule has 0 aliphatic carbocycles. The molecule has 2 N–H and O–H groups in total. The van der Waals surface area contributed by atoms with E-state index in [0.29, 0.717) is 0 Å². The van der Waals surface area contributed by atoms with E-state index in [4.69, 9.17) is 0 Å². The van der Waals surface area contributed by atoms with Gasteiger partial charge in [-0.25, -0.2) is 0 Å². The molecule has 0 radical (unpaired) electrons. The third-order valence-electron chi connectivity index (χ3n) is 5.34. The van der Waals surface area contributed by atoms with Crippen LogP contribution in [0.1, 0.15) is 33.7 Å². The van der Waals surface area contributed by atoms with Crippen LogP contribution in [-0.4, -0.2) is 10.2 Å². The zero-order chi connectivity index (χ0) is 20.4. The van der Waals surface area contributed by atoms with E-state index in [2.05, 4.69) is 36.4 Å². The van der Waals surface area contributed by atoms with Gasteiger partial charge in [0.05, 0.1) is 0 Å². The Morgan fingerprint density at radius 1 is 0.552 bits per heavy atom. The molecular formula is C27H24O2. The van der Waals surface area contributed by atoms with Crippen molar-refractivity contribution < 1.29 is 10.2 Å². The molecule has 4 aromatic carbocycles. The molecule has 2 nitrogen and oxygen atoms in total. The molecule has 4 aromatic rings. The first-order valence-electron chi connectivity index (χ1n) is 9.77. The van der Waals surface area contributed by atoms with Gasteiger partial charge in [-0.1, -0.05) is 90.0 Å². The Morgan fingerprint density at radius 3 is 1.55 bits per heavy atom. The first-order valence-corrected chi connectivity index (χ1v) is 9.77. The average molecular weight is 380 g/mol. The topological polar surface area (TPSA) is 40.5 Å². The predicted octanol–water partition coefficient (Wildman–Crippen LogP) is 6.56. The third-order valence-corrected chi connectivity index (χ3v) is 5.34. The van der Waals surface area contributed by atoms with Crippen LogP contribution in [0, 0.1) is 13.8 Å². The van der Waals surface area contributed by atoms with E-state index in [1.807, 2.05) is 56.3 Å². The van der Waals surface area contributed by atoms with Crippen molar-refractivity contribution >= 4 is 0 Å². The molecule has 2 heteroatoms. The highest BCUT2D eigenvalue weighted by Crippen LogP contribution is 2.41. The van der Waals surface area contributed by atoms with E-state index in [-0.39, 0.29) is 17.4 Å². The Labute approximate surface area is 171 Å². The van der Waals surface area contributed by atoms with Crippen LogP contribution in [0.3, 0.4) is 0 Å². The second-order valence-corrected chi connectivity index (χ2v) is 7.55.